The summed E-state index contributed by atoms with van der Waals surface area (Å²) >= 11 is 0. The standard InChI is InChI=1S/C17H21N7/c18-13-5-3-11(4-6-13)7-8-24-10-21-14-15(19)22-17(23-16(14)24)20-9-12-1-2-12/h3-6,10,12H,1-2,7-9,18H2,(H3,19,20,22,23). The van der Waals surface area contributed by atoms with E-state index in [1.54, 1.807) is 6.33 Å². The first-order chi connectivity index (χ1) is 11.7. The van der Waals surface area contributed by atoms with Gasteiger partial charge in [-0.05, 0) is 42.9 Å². The van der Waals surface area contributed by atoms with Crippen molar-refractivity contribution in [2.75, 3.05) is 23.3 Å². The summed E-state index contributed by atoms with van der Waals surface area (Å²) in [4.78, 5) is 13.3. The Balaban J connectivity index is 1.54. The van der Waals surface area contributed by atoms with Crippen molar-refractivity contribution in [2.45, 2.75) is 25.8 Å². The van der Waals surface area contributed by atoms with Gasteiger partial charge in [0.15, 0.2) is 11.5 Å². The van der Waals surface area contributed by atoms with E-state index in [-0.39, 0.29) is 0 Å². The molecule has 3 aromatic rings. The van der Waals surface area contributed by atoms with Crippen LogP contribution in [-0.2, 0) is 13.0 Å². The second kappa shape index (κ2) is 5.99. The summed E-state index contributed by atoms with van der Waals surface area (Å²) in [6, 6.07) is 7.92. The fourth-order valence-corrected chi connectivity index (χ4v) is 2.70. The Morgan fingerprint density at radius 2 is 1.92 bits per heavy atom. The van der Waals surface area contributed by atoms with E-state index in [2.05, 4.69) is 20.3 Å². The second-order valence-corrected chi connectivity index (χ2v) is 6.36. The van der Waals surface area contributed by atoms with Crippen molar-refractivity contribution in [2.24, 2.45) is 5.92 Å². The van der Waals surface area contributed by atoms with E-state index < -0.39 is 0 Å². The number of imidazole rings is 1. The summed E-state index contributed by atoms with van der Waals surface area (Å²) < 4.78 is 2.02. The number of nitrogen functional groups attached to an aromatic ring is 2. The maximum Gasteiger partial charge on any atom is 0.226 e. The molecule has 0 bridgehead atoms. The van der Waals surface area contributed by atoms with Crippen LogP contribution in [-0.4, -0.2) is 26.1 Å². The van der Waals surface area contributed by atoms with Crippen molar-refractivity contribution in [3.05, 3.63) is 36.2 Å². The Morgan fingerprint density at radius 1 is 1.12 bits per heavy atom. The number of benzene rings is 1. The lowest BCUT2D eigenvalue weighted by Crippen LogP contribution is -2.10. The molecule has 1 aliphatic carbocycles. The van der Waals surface area contributed by atoms with Crippen LogP contribution in [0.2, 0.25) is 0 Å². The van der Waals surface area contributed by atoms with Crippen LogP contribution in [0.25, 0.3) is 11.2 Å². The van der Waals surface area contributed by atoms with E-state index in [4.69, 9.17) is 11.5 Å². The highest BCUT2D eigenvalue weighted by atomic mass is 15.2. The predicted molar refractivity (Wildman–Crippen MR) is 95.5 cm³/mol. The number of aryl methyl sites for hydroxylation is 2. The monoisotopic (exact) mass is 323 g/mol. The SMILES string of the molecule is Nc1ccc(CCn2cnc3c(N)nc(NCC4CC4)nc32)cc1. The number of nitrogens with one attached hydrogen (secondary N) is 1. The molecule has 5 N–H and O–H groups in total. The summed E-state index contributed by atoms with van der Waals surface area (Å²) in [7, 11) is 0. The van der Waals surface area contributed by atoms with Gasteiger partial charge in [0, 0.05) is 18.8 Å². The number of hydrogen-bond donors (Lipinski definition) is 3. The van der Waals surface area contributed by atoms with Gasteiger partial charge in [-0.2, -0.15) is 9.97 Å². The van der Waals surface area contributed by atoms with Gasteiger partial charge in [-0.25, -0.2) is 4.98 Å². The Kier molecular flexibility index (Phi) is 3.68. The number of aromatic nitrogens is 4. The number of anilines is 3. The van der Waals surface area contributed by atoms with Crippen molar-refractivity contribution in [3.63, 3.8) is 0 Å². The van der Waals surface area contributed by atoms with Crippen LogP contribution < -0.4 is 16.8 Å². The number of fused-ring (bicyclic) bond motifs is 1. The first-order valence-electron chi connectivity index (χ1n) is 8.25. The highest BCUT2D eigenvalue weighted by Gasteiger charge is 2.21. The van der Waals surface area contributed by atoms with Crippen LogP contribution in [0.4, 0.5) is 17.5 Å². The third-order valence-corrected chi connectivity index (χ3v) is 4.36. The van der Waals surface area contributed by atoms with Crippen molar-refractivity contribution < 1.29 is 0 Å². The highest BCUT2D eigenvalue weighted by Crippen LogP contribution is 2.29. The fourth-order valence-electron chi connectivity index (χ4n) is 2.70. The van der Waals surface area contributed by atoms with E-state index in [1.165, 1.54) is 18.4 Å². The van der Waals surface area contributed by atoms with Gasteiger partial charge in [0.05, 0.1) is 6.33 Å². The molecule has 1 fully saturated rings. The third-order valence-electron chi connectivity index (χ3n) is 4.36. The van der Waals surface area contributed by atoms with Gasteiger partial charge in [-0.3, -0.25) is 0 Å². The number of nitrogens with two attached hydrogens (primary N) is 2. The Hall–Kier alpha value is -2.83. The molecule has 7 nitrogen and oxygen atoms in total. The molecule has 0 atom stereocenters. The number of hydrogen-bond acceptors (Lipinski definition) is 6. The average Bonchev–Trinajstić information content (AvgIpc) is 3.32. The van der Waals surface area contributed by atoms with Gasteiger partial charge in [-0.15, -0.1) is 0 Å². The lowest BCUT2D eigenvalue weighted by Gasteiger charge is -2.07. The topological polar surface area (TPSA) is 108 Å². The highest BCUT2D eigenvalue weighted by molar-refractivity contribution is 5.82. The van der Waals surface area contributed by atoms with E-state index >= 15 is 0 Å². The largest absolute Gasteiger partial charge is 0.399 e. The van der Waals surface area contributed by atoms with Crippen molar-refractivity contribution in [1.82, 2.24) is 19.5 Å². The summed E-state index contributed by atoms with van der Waals surface area (Å²) in [5, 5.41) is 3.28. The normalized spacial score (nSPS) is 14.2. The van der Waals surface area contributed by atoms with E-state index in [0.29, 0.717) is 17.3 Å². The summed E-state index contributed by atoms with van der Waals surface area (Å²) in [6.07, 6.45) is 5.21. The maximum atomic E-state index is 6.04. The zero-order valence-corrected chi connectivity index (χ0v) is 13.4. The zero-order valence-electron chi connectivity index (χ0n) is 13.4. The summed E-state index contributed by atoms with van der Waals surface area (Å²) in [5.41, 5.74) is 15.2. The summed E-state index contributed by atoms with van der Waals surface area (Å²) in [5.74, 6) is 1.76. The summed E-state index contributed by atoms with van der Waals surface area (Å²) in [6.45, 7) is 1.68. The van der Waals surface area contributed by atoms with Crippen LogP contribution in [0.15, 0.2) is 30.6 Å². The first kappa shape index (κ1) is 14.7. The molecule has 0 radical (unpaired) electrons. The minimum atomic E-state index is 0.421. The Morgan fingerprint density at radius 3 is 2.67 bits per heavy atom. The Bertz CT molecular complexity index is 849. The molecule has 0 aliphatic heterocycles. The first-order valence-corrected chi connectivity index (χ1v) is 8.25. The Labute approximate surface area is 140 Å². The van der Waals surface area contributed by atoms with Gasteiger partial charge in [0.25, 0.3) is 0 Å². The van der Waals surface area contributed by atoms with Gasteiger partial charge in [0.2, 0.25) is 5.95 Å². The molecule has 0 saturated heterocycles. The maximum absolute atomic E-state index is 6.04. The van der Waals surface area contributed by atoms with E-state index in [9.17, 15) is 0 Å². The molecule has 0 spiro atoms. The molecule has 0 unspecified atom stereocenters. The molecule has 124 valence electrons. The van der Waals surface area contributed by atoms with Crippen molar-refractivity contribution >= 4 is 28.6 Å². The minimum Gasteiger partial charge on any atom is -0.399 e. The molecule has 4 rings (SSSR count). The second-order valence-electron chi connectivity index (χ2n) is 6.36. The molecule has 7 heteroatoms. The lowest BCUT2D eigenvalue weighted by atomic mass is 10.1. The van der Waals surface area contributed by atoms with Crippen LogP contribution in [0.5, 0.6) is 0 Å². The number of rotatable bonds is 6. The van der Waals surface area contributed by atoms with E-state index in [1.807, 2.05) is 28.8 Å². The molecule has 1 saturated carbocycles. The van der Waals surface area contributed by atoms with Crippen molar-refractivity contribution in [3.8, 4) is 0 Å². The molecule has 1 aliphatic rings. The zero-order chi connectivity index (χ0) is 16.5. The van der Waals surface area contributed by atoms with Crippen LogP contribution in [0.3, 0.4) is 0 Å². The minimum absolute atomic E-state index is 0.421. The molecule has 24 heavy (non-hydrogen) atoms. The number of nitrogens with zero attached hydrogens (tertiary/aromatic N) is 4. The third kappa shape index (κ3) is 3.10. The molecule has 2 heterocycles. The predicted octanol–water partition coefficient (Wildman–Crippen LogP) is 2.06. The van der Waals surface area contributed by atoms with Gasteiger partial charge in [-0.1, -0.05) is 12.1 Å². The van der Waals surface area contributed by atoms with Crippen LogP contribution >= 0.6 is 0 Å². The van der Waals surface area contributed by atoms with E-state index in [0.717, 1.165) is 36.8 Å². The molecule has 1 aromatic carbocycles. The molecule has 0 amide bonds. The molecular formula is C17H21N7. The molecule has 2 aromatic heterocycles. The van der Waals surface area contributed by atoms with Crippen LogP contribution in [0, 0.1) is 5.92 Å². The lowest BCUT2D eigenvalue weighted by molar-refractivity contribution is 0.709. The average molecular weight is 323 g/mol. The molecular weight excluding hydrogens is 302 g/mol. The van der Waals surface area contributed by atoms with Gasteiger partial charge >= 0.3 is 0 Å². The quantitative estimate of drug-likeness (QED) is 0.599. The fraction of sp³-hybridized carbons (Fsp3) is 0.353. The van der Waals surface area contributed by atoms with Gasteiger partial charge < -0.3 is 21.4 Å². The van der Waals surface area contributed by atoms with Crippen molar-refractivity contribution in [1.29, 1.82) is 0 Å². The smallest absolute Gasteiger partial charge is 0.226 e. The van der Waals surface area contributed by atoms with Gasteiger partial charge in [0.1, 0.15) is 5.52 Å². The van der Waals surface area contributed by atoms with Crippen LogP contribution in [0.1, 0.15) is 18.4 Å².